The lowest BCUT2D eigenvalue weighted by Crippen LogP contribution is -2.13. The Morgan fingerprint density at radius 2 is 2.29 bits per heavy atom. The number of benzene rings is 1. The Morgan fingerprint density at radius 3 is 3.05 bits per heavy atom. The first-order chi connectivity index (χ1) is 10.3. The normalized spacial score (nSPS) is 11.3. The molecule has 110 valence electrons. The largest absolute Gasteiger partial charge is 0.342 e. The Morgan fingerprint density at radius 1 is 1.38 bits per heavy atom. The second-order valence-electron chi connectivity index (χ2n) is 5.09. The lowest BCUT2D eigenvalue weighted by atomic mass is 10.2. The van der Waals surface area contributed by atoms with Crippen molar-refractivity contribution in [3.05, 3.63) is 51.6 Å². The van der Waals surface area contributed by atoms with Crippen molar-refractivity contribution in [3.8, 4) is 0 Å². The first-order valence-corrected chi connectivity index (χ1v) is 8.39. The van der Waals surface area contributed by atoms with Crippen LogP contribution in [0.5, 0.6) is 0 Å². The maximum atomic E-state index is 6.17. The molecule has 0 unspecified atom stereocenters. The molecule has 0 saturated carbocycles. The monoisotopic (exact) mass is 319 g/mol. The van der Waals surface area contributed by atoms with Crippen molar-refractivity contribution in [2.75, 3.05) is 6.54 Å². The van der Waals surface area contributed by atoms with Crippen LogP contribution in [0.25, 0.3) is 10.9 Å². The molecule has 0 aliphatic rings. The van der Waals surface area contributed by atoms with E-state index in [1.807, 2.05) is 23.8 Å². The van der Waals surface area contributed by atoms with Gasteiger partial charge < -0.3 is 9.88 Å². The Kier molecular flexibility index (Phi) is 4.58. The molecule has 0 aliphatic heterocycles. The molecule has 0 saturated heterocycles. The van der Waals surface area contributed by atoms with Crippen molar-refractivity contribution in [1.29, 1.82) is 0 Å². The minimum atomic E-state index is 0.777. The zero-order chi connectivity index (χ0) is 14.7. The van der Waals surface area contributed by atoms with Crippen LogP contribution < -0.4 is 5.32 Å². The van der Waals surface area contributed by atoms with Crippen LogP contribution in [0, 0.1) is 0 Å². The van der Waals surface area contributed by atoms with Crippen molar-refractivity contribution in [1.82, 2.24) is 14.9 Å². The molecule has 1 aromatic carbocycles. The molecule has 2 aromatic heterocycles. The fraction of sp³-hybridized carbons (Fsp3) is 0.312. The number of rotatable bonds is 6. The minimum Gasteiger partial charge on any atom is -0.342 e. The maximum Gasteiger partial charge on any atom is 0.0794 e. The summed E-state index contributed by atoms with van der Waals surface area (Å²) in [6, 6.07) is 6.12. The van der Waals surface area contributed by atoms with Crippen LogP contribution in [0.2, 0.25) is 5.02 Å². The molecule has 5 heteroatoms. The first kappa shape index (κ1) is 14.6. The Balaban J connectivity index is 1.96. The van der Waals surface area contributed by atoms with Gasteiger partial charge in [0.1, 0.15) is 0 Å². The Labute approximate surface area is 133 Å². The van der Waals surface area contributed by atoms with Gasteiger partial charge in [-0.2, -0.15) is 0 Å². The molecule has 0 fully saturated rings. The predicted octanol–water partition coefficient (Wildman–Crippen LogP) is 4.30. The molecule has 0 spiro atoms. The average molecular weight is 320 g/mol. The molecule has 0 bridgehead atoms. The van der Waals surface area contributed by atoms with Gasteiger partial charge in [0, 0.05) is 34.2 Å². The summed E-state index contributed by atoms with van der Waals surface area (Å²) in [5, 5.41) is 5.52. The van der Waals surface area contributed by atoms with E-state index in [4.69, 9.17) is 11.6 Å². The molecule has 3 nitrogen and oxygen atoms in total. The van der Waals surface area contributed by atoms with Gasteiger partial charge in [-0.1, -0.05) is 24.6 Å². The van der Waals surface area contributed by atoms with Crippen LogP contribution in [0.15, 0.2) is 36.1 Å². The summed E-state index contributed by atoms with van der Waals surface area (Å²) in [6.45, 7) is 4.95. The number of hydrogen-bond donors (Lipinski definition) is 1. The van der Waals surface area contributed by atoms with Gasteiger partial charge >= 0.3 is 0 Å². The van der Waals surface area contributed by atoms with Gasteiger partial charge in [-0.05, 0) is 30.7 Å². The third-order valence-corrected chi connectivity index (χ3v) is 4.48. The number of nitrogens with one attached hydrogen (secondary N) is 1. The van der Waals surface area contributed by atoms with E-state index in [1.54, 1.807) is 11.3 Å². The van der Waals surface area contributed by atoms with Gasteiger partial charge in [-0.15, -0.1) is 11.3 Å². The van der Waals surface area contributed by atoms with E-state index in [0.29, 0.717) is 0 Å². The van der Waals surface area contributed by atoms with Gasteiger partial charge in [-0.25, -0.2) is 0 Å². The van der Waals surface area contributed by atoms with Crippen molar-refractivity contribution < 1.29 is 0 Å². The smallest absolute Gasteiger partial charge is 0.0794 e. The third kappa shape index (κ3) is 3.28. The molecule has 0 atom stereocenters. The predicted molar refractivity (Wildman–Crippen MR) is 90.2 cm³/mol. The topological polar surface area (TPSA) is 29.9 Å². The summed E-state index contributed by atoms with van der Waals surface area (Å²) in [5.74, 6) is 0. The van der Waals surface area contributed by atoms with Gasteiger partial charge in [0.05, 0.1) is 17.6 Å². The number of aromatic nitrogens is 2. The molecule has 2 heterocycles. The molecule has 21 heavy (non-hydrogen) atoms. The highest BCUT2D eigenvalue weighted by molar-refractivity contribution is 7.09. The molecular formula is C16H18ClN3S. The van der Waals surface area contributed by atoms with Crippen LogP contribution >= 0.6 is 22.9 Å². The van der Waals surface area contributed by atoms with Crippen LogP contribution in [-0.4, -0.2) is 16.1 Å². The molecule has 0 radical (unpaired) electrons. The number of hydrogen-bond acceptors (Lipinski definition) is 3. The molecule has 3 aromatic rings. The molecule has 3 rings (SSSR count). The second-order valence-corrected chi connectivity index (χ2v) is 6.50. The standard InChI is InChI=1S/C16H18ClN3S/c1-2-5-18-7-12-9-20(10-14-8-19-11-21-14)16-6-13(17)3-4-15(12)16/h3-4,6,8-9,11,18H,2,5,7,10H2,1H3. The number of nitrogens with zero attached hydrogens (tertiary/aromatic N) is 2. The van der Waals surface area contributed by atoms with Crippen molar-refractivity contribution in [2.45, 2.75) is 26.4 Å². The third-order valence-electron chi connectivity index (χ3n) is 3.48. The highest BCUT2D eigenvalue weighted by Gasteiger charge is 2.09. The summed E-state index contributed by atoms with van der Waals surface area (Å²) in [7, 11) is 0. The summed E-state index contributed by atoms with van der Waals surface area (Å²) in [4.78, 5) is 5.40. The fourth-order valence-corrected chi connectivity index (χ4v) is 3.26. The van der Waals surface area contributed by atoms with Crippen LogP contribution in [0.4, 0.5) is 0 Å². The van der Waals surface area contributed by atoms with E-state index in [2.05, 4.69) is 34.1 Å². The van der Waals surface area contributed by atoms with E-state index in [9.17, 15) is 0 Å². The van der Waals surface area contributed by atoms with E-state index in [1.165, 1.54) is 21.3 Å². The van der Waals surface area contributed by atoms with E-state index in [-0.39, 0.29) is 0 Å². The zero-order valence-electron chi connectivity index (χ0n) is 12.0. The number of thiazole rings is 1. The SMILES string of the molecule is CCCNCc1cn(Cc2cncs2)c2cc(Cl)ccc12. The quantitative estimate of drug-likeness (QED) is 0.686. The summed E-state index contributed by atoms with van der Waals surface area (Å²) >= 11 is 7.85. The molecule has 0 amide bonds. The average Bonchev–Trinajstić information content (AvgIpc) is 3.09. The number of halogens is 1. The zero-order valence-corrected chi connectivity index (χ0v) is 13.5. The Hall–Kier alpha value is -1.36. The first-order valence-electron chi connectivity index (χ1n) is 7.13. The molecule has 1 N–H and O–H groups in total. The molecule has 0 aliphatic carbocycles. The van der Waals surface area contributed by atoms with E-state index in [0.717, 1.165) is 31.1 Å². The van der Waals surface area contributed by atoms with Gasteiger partial charge in [0.25, 0.3) is 0 Å². The highest BCUT2D eigenvalue weighted by atomic mass is 35.5. The summed E-state index contributed by atoms with van der Waals surface area (Å²) < 4.78 is 2.26. The van der Waals surface area contributed by atoms with E-state index < -0.39 is 0 Å². The van der Waals surface area contributed by atoms with Gasteiger partial charge in [-0.3, -0.25) is 4.98 Å². The van der Waals surface area contributed by atoms with Crippen LogP contribution in [-0.2, 0) is 13.1 Å². The minimum absolute atomic E-state index is 0.777. The van der Waals surface area contributed by atoms with Crippen molar-refractivity contribution in [3.63, 3.8) is 0 Å². The van der Waals surface area contributed by atoms with Crippen LogP contribution in [0.3, 0.4) is 0 Å². The number of fused-ring (bicyclic) bond motifs is 1. The van der Waals surface area contributed by atoms with E-state index >= 15 is 0 Å². The van der Waals surface area contributed by atoms with Gasteiger partial charge in [0.2, 0.25) is 0 Å². The fourth-order valence-electron chi connectivity index (χ4n) is 2.50. The lowest BCUT2D eigenvalue weighted by Gasteiger charge is -2.02. The summed E-state index contributed by atoms with van der Waals surface area (Å²) in [6.07, 6.45) is 5.30. The molecular weight excluding hydrogens is 302 g/mol. The summed E-state index contributed by atoms with van der Waals surface area (Å²) in [5.41, 5.74) is 4.38. The van der Waals surface area contributed by atoms with Gasteiger partial charge in [0.15, 0.2) is 0 Å². The van der Waals surface area contributed by atoms with Crippen molar-refractivity contribution >= 4 is 33.8 Å². The lowest BCUT2D eigenvalue weighted by molar-refractivity contribution is 0.675. The Bertz CT molecular complexity index is 719. The highest BCUT2D eigenvalue weighted by Crippen LogP contribution is 2.26. The van der Waals surface area contributed by atoms with Crippen molar-refractivity contribution in [2.24, 2.45) is 0 Å². The second kappa shape index (κ2) is 6.60. The van der Waals surface area contributed by atoms with Crippen LogP contribution in [0.1, 0.15) is 23.8 Å². The maximum absolute atomic E-state index is 6.17.